The van der Waals surface area contributed by atoms with E-state index < -0.39 is 23.4 Å². The summed E-state index contributed by atoms with van der Waals surface area (Å²) in [4.78, 5) is 44.5. The third-order valence-corrected chi connectivity index (χ3v) is 6.93. The first-order chi connectivity index (χ1) is 16.6. The Morgan fingerprint density at radius 2 is 1.80 bits per heavy atom. The van der Waals surface area contributed by atoms with Crippen molar-refractivity contribution in [3.05, 3.63) is 63.6 Å². The molecule has 1 N–H and O–H groups in total. The Hall–Kier alpha value is -3.12. The second-order valence-corrected chi connectivity index (χ2v) is 10.1. The highest BCUT2D eigenvalue weighted by atomic mass is 35.5. The molecule has 2 aromatic carbocycles. The second-order valence-electron chi connectivity index (χ2n) is 9.21. The minimum absolute atomic E-state index is 0.0196. The van der Waals surface area contributed by atoms with Crippen molar-refractivity contribution < 1.29 is 14.4 Å². The maximum Gasteiger partial charge on any atom is 0.332 e. The summed E-state index contributed by atoms with van der Waals surface area (Å²) in [6, 6.07) is 13.1. The van der Waals surface area contributed by atoms with E-state index in [9.17, 15) is 19.6 Å². The molecule has 0 unspecified atom stereocenters. The number of carbonyl (C=O) groups excluding carboxylic acids is 3. The molecular formula is C25H25Cl2N5O3. The second kappa shape index (κ2) is 9.50. The lowest BCUT2D eigenvalue weighted by Gasteiger charge is -2.34. The SMILES string of the molecule is CC(C)NC(=O)CN1C[C@@H](c2ccc(C#N)cc2)[C@]2(C1)C(=O)N(c1cc(Cl)cc(Cl)c1)C(=O)N2C. The molecule has 0 aliphatic carbocycles. The lowest BCUT2D eigenvalue weighted by atomic mass is 9.80. The van der Waals surface area contributed by atoms with Crippen molar-refractivity contribution in [2.24, 2.45) is 0 Å². The number of halogens is 2. The van der Waals surface area contributed by atoms with Crippen molar-refractivity contribution in [3.63, 3.8) is 0 Å². The summed E-state index contributed by atoms with van der Waals surface area (Å²) in [5, 5.41) is 12.7. The van der Waals surface area contributed by atoms with E-state index in [-0.39, 0.29) is 30.7 Å². The zero-order valence-corrected chi connectivity index (χ0v) is 21.1. The first-order valence-corrected chi connectivity index (χ1v) is 11.9. The third-order valence-electron chi connectivity index (χ3n) is 6.50. The van der Waals surface area contributed by atoms with E-state index in [2.05, 4.69) is 11.4 Å². The lowest BCUT2D eigenvalue weighted by Crippen LogP contribution is -2.54. The molecule has 10 heteroatoms. The Morgan fingerprint density at radius 1 is 1.17 bits per heavy atom. The molecule has 0 aromatic heterocycles. The summed E-state index contributed by atoms with van der Waals surface area (Å²) in [5.41, 5.74) is 0.329. The smallest absolute Gasteiger partial charge is 0.332 e. The van der Waals surface area contributed by atoms with Gasteiger partial charge in [0.15, 0.2) is 0 Å². The van der Waals surface area contributed by atoms with Crippen LogP contribution in [0.25, 0.3) is 0 Å². The summed E-state index contributed by atoms with van der Waals surface area (Å²) in [6.45, 7) is 4.40. The average Bonchev–Trinajstić information content (AvgIpc) is 3.24. The van der Waals surface area contributed by atoms with Crippen LogP contribution in [0.2, 0.25) is 10.0 Å². The summed E-state index contributed by atoms with van der Waals surface area (Å²) >= 11 is 12.3. The largest absolute Gasteiger partial charge is 0.353 e. The molecule has 2 aliphatic heterocycles. The minimum atomic E-state index is -1.25. The number of benzene rings is 2. The average molecular weight is 514 g/mol. The summed E-state index contributed by atoms with van der Waals surface area (Å²) in [7, 11) is 1.60. The van der Waals surface area contributed by atoms with Gasteiger partial charge in [-0.15, -0.1) is 0 Å². The predicted molar refractivity (Wildman–Crippen MR) is 133 cm³/mol. The minimum Gasteiger partial charge on any atom is -0.353 e. The van der Waals surface area contributed by atoms with Gasteiger partial charge in [0.1, 0.15) is 5.54 Å². The van der Waals surface area contributed by atoms with Gasteiger partial charge in [0.2, 0.25) is 5.91 Å². The van der Waals surface area contributed by atoms with Gasteiger partial charge in [-0.3, -0.25) is 14.5 Å². The number of imide groups is 1. The molecule has 4 rings (SSSR count). The molecule has 35 heavy (non-hydrogen) atoms. The number of anilines is 1. The number of nitrogens with one attached hydrogen (secondary N) is 1. The molecule has 0 saturated carbocycles. The van der Waals surface area contributed by atoms with Crippen LogP contribution in [0.4, 0.5) is 10.5 Å². The van der Waals surface area contributed by atoms with Crippen molar-refractivity contribution in [3.8, 4) is 6.07 Å². The molecule has 1 spiro atoms. The van der Waals surface area contributed by atoms with E-state index >= 15 is 0 Å². The molecule has 0 radical (unpaired) electrons. The lowest BCUT2D eigenvalue weighted by molar-refractivity contribution is -0.126. The fourth-order valence-corrected chi connectivity index (χ4v) is 5.50. The van der Waals surface area contributed by atoms with Gasteiger partial charge in [-0.25, -0.2) is 9.69 Å². The number of carbonyl (C=O) groups is 3. The van der Waals surface area contributed by atoms with Gasteiger partial charge in [0.05, 0.1) is 23.9 Å². The number of nitrogens with zero attached hydrogens (tertiary/aromatic N) is 4. The summed E-state index contributed by atoms with van der Waals surface area (Å²) in [5.74, 6) is -0.999. The fraction of sp³-hybridized carbons (Fsp3) is 0.360. The number of likely N-dealkylation sites (N-methyl/N-ethyl adjacent to an activating group) is 1. The standard InChI is InChI=1S/C25H25Cl2N5O3/c1-15(2)29-22(33)13-31-12-21(17-6-4-16(11-28)5-7-17)25(14-31)23(34)32(24(35)30(25)3)20-9-18(26)8-19(27)10-20/h4-10,15,21H,12-14H2,1-3H3,(H,29,33)/t21-,25+/m0/s1. The molecule has 2 heterocycles. The molecule has 0 bridgehead atoms. The zero-order chi connectivity index (χ0) is 25.5. The van der Waals surface area contributed by atoms with Crippen LogP contribution in [0.1, 0.15) is 30.9 Å². The van der Waals surface area contributed by atoms with Crippen molar-refractivity contribution >= 4 is 46.7 Å². The van der Waals surface area contributed by atoms with Gasteiger partial charge in [-0.1, -0.05) is 35.3 Å². The number of hydrogen-bond acceptors (Lipinski definition) is 5. The number of rotatable bonds is 5. The van der Waals surface area contributed by atoms with Crippen LogP contribution >= 0.6 is 23.2 Å². The Morgan fingerprint density at radius 3 is 2.37 bits per heavy atom. The topological polar surface area (TPSA) is 96.7 Å². The maximum absolute atomic E-state index is 14.1. The molecule has 2 atom stereocenters. The van der Waals surface area contributed by atoms with E-state index in [0.717, 1.165) is 10.5 Å². The molecular weight excluding hydrogens is 489 g/mol. The highest BCUT2D eigenvalue weighted by Crippen LogP contribution is 2.46. The number of likely N-dealkylation sites (tertiary alicyclic amines) is 1. The van der Waals surface area contributed by atoms with E-state index in [1.165, 1.54) is 23.1 Å². The van der Waals surface area contributed by atoms with Crippen LogP contribution in [-0.2, 0) is 9.59 Å². The Kier molecular flexibility index (Phi) is 6.78. The number of nitriles is 1. The molecule has 182 valence electrons. The van der Waals surface area contributed by atoms with Crippen LogP contribution in [0.3, 0.4) is 0 Å². The molecule has 2 aromatic rings. The molecule has 2 fully saturated rings. The van der Waals surface area contributed by atoms with E-state index in [1.54, 1.807) is 31.3 Å². The van der Waals surface area contributed by atoms with Crippen molar-refractivity contribution in [2.45, 2.75) is 31.3 Å². The molecule has 2 saturated heterocycles. The van der Waals surface area contributed by atoms with Gasteiger partial charge < -0.3 is 10.2 Å². The van der Waals surface area contributed by atoms with Gasteiger partial charge >= 0.3 is 6.03 Å². The van der Waals surface area contributed by atoms with Gasteiger partial charge in [0.25, 0.3) is 5.91 Å². The summed E-state index contributed by atoms with van der Waals surface area (Å²) in [6.07, 6.45) is 0. The van der Waals surface area contributed by atoms with Crippen LogP contribution in [0.5, 0.6) is 0 Å². The number of urea groups is 1. The van der Waals surface area contributed by atoms with Gasteiger partial charge in [-0.2, -0.15) is 5.26 Å². The quantitative estimate of drug-likeness (QED) is 0.615. The zero-order valence-electron chi connectivity index (χ0n) is 19.6. The predicted octanol–water partition coefficient (Wildman–Crippen LogP) is 3.63. The number of amides is 4. The Balaban J connectivity index is 1.77. The monoisotopic (exact) mass is 513 g/mol. The Bertz CT molecular complexity index is 1210. The highest BCUT2D eigenvalue weighted by Gasteiger charge is 2.64. The maximum atomic E-state index is 14.1. The van der Waals surface area contributed by atoms with Crippen LogP contribution in [0.15, 0.2) is 42.5 Å². The van der Waals surface area contributed by atoms with Crippen molar-refractivity contribution in [1.29, 1.82) is 5.26 Å². The highest BCUT2D eigenvalue weighted by molar-refractivity contribution is 6.35. The van der Waals surface area contributed by atoms with Crippen LogP contribution in [-0.4, -0.2) is 65.9 Å². The van der Waals surface area contributed by atoms with Crippen molar-refractivity contribution in [1.82, 2.24) is 15.1 Å². The van der Waals surface area contributed by atoms with Crippen molar-refractivity contribution in [2.75, 3.05) is 31.6 Å². The van der Waals surface area contributed by atoms with E-state index in [0.29, 0.717) is 22.2 Å². The van der Waals surface area contributed by atoms with E-state index in [4.69, 9.17) is 23.2 Å². The first-order valence-electron chi connectivity index (χ1n) is 11.2. The van der Waals surface area contributed by atoms with E-state index in [1.807, 2.05) is 18.7 Å². The first kappa shape index (κ1) is 25.0. The fourth-order valence-electron chi connectivity index (χ4n) is 4.98. The molecule has 8 nitrogen and oxygen atoms in total. The summed E-state index contributed by atoms with van der Waals surface area (Å²) < 4.78 is 0. The molecule has 2 aliphatic rings. The van der Waals surface area contributed by atoms with Crippen LogP contribution < -0.4 is 10.2 Å². The van der Waals surface area contributed by atoms with Gasteiger partial charge in [-0.05, 0) is 49.7 Å². The van der Waals surface area contributed by atoms with Gasteiger partial charge in [0, 0.05) is 42.1 Å². The molecule has 4 amide bonds. The van der Waals surface area contributed by atoms with Crippen LogP contribution in [0, 0.1) is 11.3 Å². The number of hydrogen-bond donors (Lipinski definition) is 1. The Labute approximate surface area is 214 Å². The third kappa shape index (κ3) is 4.47. The normalized spacial score (nSPS) is 22.4.